The van der Waals surface area contributed by atoms with E-state index in [1.165, 1.54) is 4.90 Å². The van der Waals surface area contributed by atoms with Crippen molar-refractivity contribution in [1.82, 2.24) is 40.2 Å². The molecule has 10 rings (SSSR count). The molecule has 1 atom stereocenters. The maximum atomic E-state index is 16.1. The lowest BCUT2D eigenvalue weighted by atomic mass is 9.90. The van der Waals surface area contributed by atoms with Crippen molar-refractivity contribution in [1.29, 1.82) is 0 Å². The smallest absolute Gasteiger partial charge is 0.255 e. The number of piperidine rings is 3. The van der Waals surface area contributed by atoms with Crippen LogP contribution in [0.5, 0.6) is 5.75 Å². The second-order valence-corrected chi connectivity index (χ2v) is 19.3. The Morgan fingerprint density at radius 1 is 0.852 bits per heavy atom. The number of carbonyl (C=O) groups excluding carboxylic acids is 3. The van der Waals surface area contributed by atoms with Gasteiger partial charge in [-0.15, -0.1) is 0 Å². The lowest BCUT2D eigenvalue weighted by Crippen LogP contribution is -2.61. The summed E-state index contributed by atoms with van der Waals surface area (Å²) in [6, 6.07) is 10.9. The van der Waals surface area contributed by atoms with Gasteiger partial charge in [0.15, 0.2) is 5.82 Å². The van der Waals surface area contributed by atoms with Crippen molar-refractivity contribution in [2.24, 2.45) is 11.8 Å². The molecule has 6 aliphatic rings. The fourth-order valence-corrected chi connectivity index (χ4v) is 10.5. The number of fused-ring (bicyclic) bond motifs is 2. The zero-order chi connectivity index (χ0) is 42.0. The molecule has 1 aliphatic carbocycles. The quantitative estimate of drug-likeness (QED) is 0.199. The van der Waals surface area contributed by atoms with Crippen LogP contribution in [0, 0.1) is 17.7 Å². The number of nitrogens with one attached hydrogen (secondary N) is 2. The van der Waals surface area contributed by atoms with Crippen LogP contribution in [0.3, 0.4) is 0 Å². The number of imide groups is 1. The molecule has 4 saturated heterocycles. The number of aromatic nitrogens is 4. The van der Waals surface area contributed by atoms with E-state index in [1.54, 1.807) is 18.5 Å². The number of ether oxygens (including phenoxy) is 1. The summed E-state index contributed by atoms with van der Waals surface area (Å²) in [4.78, 5) is 57.9. The maximum Gasteiger partial charge on any atom is 0.255 e. The first kappa shape index (κ1) is 40.0. The number of hydrogen-bond donors (Lipinski definition) is 2. The van der Waals surface area contributed by atoms with Crippen LogP contribution in [0.15, 0.2) is 42.7 Å². The molecule has 0 radical (unpaired) electrons. The van der Waals surface area contributed by atoms with Gasteiger partial charge in [-0.2, -0.15) is 5.10 Å². The zero-order valence-electron chi connectivity index (χ0n) is 35.6. The first-order valence-electron chi connectivity index (χ1n) is 22.3. The molecule has 15 heteroatoms. The van der Waals surface area contributed by atoms with Crippen LogP contribution in [0.2, 0.25) is 0 Å². The zero-order valence-corrected chi connectivity index (χ0v) is 35.6. The molecular formula is C46H57FN10O4. The Hall–Kier alpha value is -5.15. The molecule has 0 spiro atoms. The molecule has 7 heterocycles. The van der Waals surface area contributed by atoms with E-state index in [9.17, 15) is 14.4 Å². The van der Waals surface area contributed by atoms with Crippen molar-refractivity contribution in [3.8, 4) is 17.1 Å². The van der Waals surface area contributed by atoms with E-state index >= 15 is 4.39 Å². The summed E-state index contributed by atoms with van der Waals surface area (Å²) in [7, 11) is 0. The van der Waals surface area contributed by atoms with Gasteiger partial charge in [-0.3, -0.25) is 34.6 Å². The van der Waals surface area contributed by atoms with E-state index in [1.807, 2.05) is 12.1 Å². The van der Waals surface area contributed by atoms with Crippen LogP contribution in [0.1, 0.15) is 88.1 Å². The van der Waals surface area contributed by atoms with Gasteiger partial charge in [-0.1, -0.05) is 0 Å². The van der Waals surface area contributed by atoms with Crippen LogP contribution in [0.4, 0.5) is 15.9 Å². The number of anilines is 2. The highest BCUT2D eigenvalue weighted by Gasteiger charge is 2.42. The van der Waals surface area contributed by atoms with E-state index in [4.69, 9.17) is 4.74 Å². The minimum atomic E-state index is -0.756. The molecule has 2 N–H and O–H groups in total. The van der Waals surface area contributed by atoms with Gasteiger partial charge in [-0.05, 0) is 108 Å². The van der Waals surface area contributed by atoms with Crippen LogP contribution in [-0.4, -0.2) is 129 Å². The molecule has 1 saturated carbocycles. The molecule has 0 bridgehead atoms. The molecule has 5 fully saturated rings. The monoisotopic (exact) mass is 832 g/mol. The average Bonchev–Trinajstić information content (AvgIpc) is 3.66. The number of hydrogen-bond acceptors (Lipinski definition) is 11. The molecule has 2 aromatic heterocycles. The summed E-state index contributed by atoms with van der Waals surface area (Å²) < 4.78 is 22.3. The summed E-state index contributed by atoms with van der Waals surface area (Å²) >= 11 is 0. The first-order valence-corrected chi connectivity index (χ1v) is 22.3. The minimum Gasteiger partial charge on any atom is -0.488 e. The van der Waals surface area contributed by atoms with Crippen molar-refractivity contribution in [2.75, 3.05) is 68.7 Å². The predicted octanol–water partition coefficient (Wildman–Crippen LogP) is 5.38. The summed E-state index contributed by atoms with van der Waals surface area (Å²) in [5, 5.41) is 11.1. The number of nitrogens with zero attached hydrogens (tertiary/aromatic N) is 8. The van der Waals surface area contributed by atoms with Gasteiger partial charge < -0.3 is 19.4 Å². The van der Waals surface area contributed by atoms with Crippen LogP contribution >= 0.6 is 0 Å². The van der Waals surface area contributed by atoms with Gasteiger partial charge in [-0.25, -0.2) is 14.4 Å². The fourth-order valence-electron chi connectivity index (χ4n) is 10.5. The third-order valence-corrected chi connectivity index (χ3v) is 14.4. The Bertz CT molecular complexity index is 2350. The molecule has 14 nitrogen and oxygen atoms in total. The summed E-state index contributed by atoms with van der Waals surface area (Å²) in [6.45, 7) is 15.7. The van der Waals surface area contributed by atoms with Crippen molar-refractivity contribution in [2.45, 2.75) is 95.9 Å². The number of amides is 3. The third kappa shape index (κ3) is 7.95. The number of carbonyl (C=O) groups is 3. The summed E-state index contributed by atoms with van der Waals surface area (Å²) in [6.07, 6.45) is 8.47. The minimum absolute atomic E-state index is 0.0448. The molecule has 3 amide bonds. The highest BCUT2D eigenvalue weighted by molar-refractivity contribution is 6.05. The highest BCUT2D eigenvalue weighted by Crippen LogP contribution is 2.41. The second-order valence-electron chi connectivity index (χ2n) is 19.3. The third-order valence-electron chi connectivity index (χ3n) is 14.4. The number of halogens is 1. The number of rotatable bonds is 10. The van der Waals surface area contributed by atoms with Crippen molar-refractivity contribution >= 4 is 40.1 Å². The SMILES string of the molecule is CC1(Oc2ccc3[nH]nc(-c4cc(N5CCC(CN6CCN(CC7CCN(c8ccc9c(c8F)CN(C8CCC(=O)NC8=O)C9=O)CC7)C(C)(C)C6)CC5)ncn4)c3c2)CC1. The Kier molecular flexibility index (Phi) is 10.2. The van der Waals surface area contributed by atoms with Gasteiger partial charge in [0, 0.05) is 93.4 Å². The molecule has 1 unspecified atom stereocenters. The normalized spacial score (nSPS) is 23.8. The topological polar surface area (TPSA) is 143 Å². The molecule has 4 aromatic rings. The van der Waals surface area contributed by atoms with Crippen molar-refractivity contribution in [3.05, 3.63) is 59.7 Å². The Morgan fingerprint density at radius 2 is 1.61 bits per heavy atom. The number of benzene rings is 2. The summed E-state index contributed by atoms with van der Waals surface area (Å²) in [5.74, 6) is 1.45. The fraction of sp³-hybridized carbons (Fsp3) is 0.565. The Morgan fingerprint density at radius 3 is 2.34 bits per heavy atom. The standard InChI is InChI=1S/C46H57FN10O4/c1-45(2)27-53(24-29-12-18-55(19-13-29)39-23-36(48-28-49-39)42-33-22-31(61-46(3)14-15-46)4-6-35(33)51-52-42)20-21-56(45)25-30-10-16-54(17-11-30)37-7-5-32-34(41(37)47)26-57(44(32)60)38-8-9-40(58)50-43(38)59/h4-7,22-23,28-30,38H,8-21,24-27H2,1-3H3,(H,51,52)(H,50,58,59). The van der Waals surface area contributed by atoms with Gasteiger partial charge in [0.1, 0.15) is 35.2 Å². The molecule has 2 aromatic carbocycles. The number of aromatic amines is 1. The van der Waals surface area contributed by atoms with Gasteiger partial charge in [0.05, 0.1) is 23.4 Å². The lowest BCUT2D eigenvalue weighted by Gasteiger charge is -2.50. The Balaban J connectivity index is 0.693. The molecule has 5 aliphatic heterocycles. The van der Waals surface area contributed by atoms with Gasteiger partial charge in [0.25, 0.3) is 5.91 Å². The van der Waals surface area contributed by atoms with Crippen molar-refractivity contribution < 1.29 is 23.5 Å². The Labute approximate surface area is 356 Å². The predicted molar refractivity (Wildman–Crippen MR) is 230 cm³/mol. The lowest BCUT2D eigenvalue weighted by molar-refractivity contribution is -0.136. The maximum absolute atomic E-state index is 16.1. The second kappa shape index (κ2) is 15.6. The van der Waals surface area contributed by atoms with E-state index in [-0.39, 0.29) is 48.2 Å². The van der Waals surface area contributed by atoms with Crippen LogP contribution < -0.4 is 19.9 Å². The molecular weight excluding hydrogens is 776 g/mol. The van der Waals surface area contributed by atoms with Crippen LogP contribution in [-0.2, 0) is 16.1 Å². The highest BCUT2D eigenvalue weighted by atomic mass is 19.1. The largest absolute Gasteiger partial charge is 0.488 e. The van der Waals surface area contributed by atoms with E-state index in [0.717, 1.165) is 131 Å². The van der Waals surface area contributed by atoms with E-state index in [0.29, 0.717) is 28.7 Å². The van der Waals surface area contributed by atoms with Crippen LogP contribution in [0.25, 0.3) is 22.3 Å². The van der Waals surface area contributed by atoms with Gasteiger partial charge >= 0.3 is 0 Å². The molecule has 61 heavy (non-hydrogen) atoms. The van der Waals surface area contributed by atoms with Crippen molar-refractivity contribution in [3.63, 3.8) is 0 Å². The van der Waals surface area contributed by atoms with Gasteiger partial charge in [0.2, 0.25) is 11.8 Å². The van der Waals surface area contributed by atoms with E-state index < -0.39 is 11.9 Å². The van der Waals surface area contributed by atoms with E-state index in [2.05, 4.69) is 78.0 Å². The summed E-state index contributed by atoms with van der Waals surface area (Å²) in [5.41, 5.74) is 3.79. The number of piperazine rings is 1. The first-order chi connectivity index (χ1) is 29.4. The molecule has 322 valence electrons. The average molecular weight is 833 g/mol. The number of H-pyrrole nitrogens is 1.